The number of cyclic esters (lactones) is 1. The third-order valence-corrected chi connectivity index (χ3v) is 6.33. The Morgan fingerprint density at radius 1 is 1.31 bits per heavy atom. The molecule has 2 aliphatic heterocycles. The van der Waals surface area contributed by atoms with Gasteiger partial charge in [-0.3, -0.25) is 9.69 Å². The number of nitrogens with zero attached hydrogens (tertiary/aromatic N) is 1. The van der Waals surface area contributed by atoms with Crippen LogP contribution in [-0.4, -0.2) is 50.2 Å². The maximum atomic E-state index is 14.6. The Morgan fingerprint density at radius 3 is 2.52 bits per heavy atom. The average Bonchev–Trinajstić information content (AvgIpc) is 3.01. The number of nitrogens with one attached hydrogen (secondary N) is 1. The van der Waals surface area contributed by atoms with Gasteiger partial charge < -0.3 is 10.1 Å². The average molecular weight is 469 g/mol. The first kappa shape index (κ1) is 21.8. The quantitative estimate of drug-likeness (QED) is 0.670. The van der Waals surface area contributed by atoms with Crippen molar-refractivity contribution in [2.24, 2.45) is 0 Å². The number of benzene rings is 1. The number of carbonyl (C=O) groups is 2. The number of ether oxygens (including phenoxy) is 1. The van der Waals surface area contributed by atoms with Gasteiger partial charge in [0.2, 0.25) is 0 Å². The third-order valence-electron chi connectivity index (χ3n) is 4.55. The summed E-state index contributed by atoms with van der Waals surface area (Å²) in [5.41, 5.74) is -0.311. The molecule has 1 N–H and O–H groups in total. The zero-order valence-electron chi connectivity index (χ0n) is 14.8. The van der Waals surface area contributed by atoms with E-state index in [1.165, 1.54) is 6.08 Å². The number of allylic oxidation sites excluding steroid dienone is 1. The van der Waals surface area contributed by atoms with Crippen LogP contribution in [-0.2, 0) is 19.4 Å². The highest BCUT2D eigenvalue weighted by molar-refractivity contribution is 7.94. The Bertz CT molecular complexity index is 948. The molecule has 29 heavy (non-hydrogen) atoms. The van der Waals surface area contributed by atoms with Crippen molar-refractivity contribution in [1.29, 1.82) is 0 Å². The summed E-state index contributed by atoms with van der Waals surface area (Å²) in [7, 11) is -3.34. The molecule has 0 saturated carbocycles. The summed E-state index contributed by atoms with van der Waals surface area (Å²) in [6.45, 7) is -0.116. The molecule has 0 aliphatic carbocycles. The van der Waals surface area contributed by atoms with Crippen LogP contribution in [0.2, 0.25) is 0 Å². The van der Waals surface area contributed by atoms with Crippen LogP contribution >= 0.6 is 23.2 Å². The molecule has 0 aromatic heterocycles. The number of halogens is 4. The molecule has 1 aromatic carbocycles. The smallest absolute Gasteiger partial charge is 0.414 e. The fourth-order valence-corrected chi connectivity index (χ4v) is 4.42. The molecule has 12 heteroatoms. The summed E-state index contributed by atoms with van der Waals surface area (Å²) in [6.07, 6.45) is -0.269. The van der Waals surface area contributed by atoms with Gasteiger partial charge in [-0.15, -0.1) is 0 Å². The Morgan fingerprint density at radius 2 is 1.97 bits per heavy atom. The normalized spacial score (nSPS) is 23.3. The summed E-state index contributed by atoms with van der Waals surface area (Å²) < 4.78 is 57.2. The second-order valence-electron chi connectivity index (χ2n) is 6.58. The molecule has 1 aromatic rings. The SMILES string of the molecule is O=C(NC[C@H]1CN(c2cc(F)c(C3C=CS(=O)(=O)CC3)c(F)c2)C(=O)O1)C(Cl)Cl. The highest BCUT2D eigenvalue weighted by Crippen LogP contribution is 2.34. The summed E-state index contributed by atoms with van der Waals surface area (Å²) in [4.78, 5) is 23.2. The largest absolute Gasteiger partial charge is 0.442 e. The molecule has 0 spiro atoms. The number of rotatable bonds is 5. The van der Waals surface area contributed by atoms with Crippen molar-refractivity contribution in [1.82, 2.24) is 5.32 Å². The van der Waals surface area contributed by atoms with E-state index in [0.29, 0.717) is 0 Å². The highest BCUT2D eigenvalue weighted by atomic mass is 35.5. The van der Waals surface area contributed by atoms with Crippen molar-refractivity contribution in [3.8, 4) is 0 Å². The third kappa shape index (κ3) is 4.99. The standard InChI is InChI=1S/C17H16Cl2F2N2O5S/c18-15(19)16(24)22-7-11-8-23(17(25)28-11)10-5-12(20)14(13(21)6-10)9-1-3-29(26,27)4-2-9/h1,3,5-6,9,11,15H,2,4,7-8H2,(H,22,24)/t9?,11-/m0/s1. The molecule has 0 bridgehead atoms. The van der Waals surface area contributed by atoms with E-state index in [-0.39, 0.29) is 36.5 Å². The zero-order valence-corrected chi connectivity index (χ0v) is 17.1. The Balaban J connectivity index is 1.75. The molecule has 7 nitrogen and oxygen atoms in total. The van der Waals surface area contributed by atoms with Crippen LogP contribution in [0.15, 0.2) is 23.6 Å². The molecular formula is C17H16Cl2F2N2O5S. The van der Waals surface area contributed by atoms with Crippen molar-refractivity contribution < 1.29 is 31.5 Å². The lowest BCUT2D eigenvalue weighted by Gasteiger charge is -2.20. The van der Waals surface area contributed by atoms with Crippen molar-refractivity contribution >= 4 is 50.7 Å². The lowest BCUT2D eigenvalue weighted by atomic mass is 9.95. The van der Waals surface area contributed by atoms with Gasteiger partial charge in [0.15, 0.2) is 14.7 Å². The predicted molar refractivity (Wildman–Crippen MR) is 103 cm³/mol. The van der Waals surface area contributed by atoms with E-state index < -0.39 is 50.3 Å². The van der Waals surface area contributed by atoms with Crippen LogP contribution < -0.4 is 10.2 Å². The fraction of sp³-hybridized carbons (Fsp3) is 0.412. The summed E-state index contributed by atoms with van der Waals surface area (Å²) in [5, 5.41) is 3.34. The first-order chi connectivity index (χ1) is 13.6. The van der Waals surface area contributed by atoms with Crippen molar-refractivity contribution in [3.05, 3.63) is 40.8 Å². The van der Waals surface area contributed by atoms with Crippen LogP contribution in [0.5, 0.6) is 0 Å². The second-order valence-corrected chi connectivity index (χ2v) is 9.68. The molecule has 2 amide bonds. The Hall–Kier alpha value is -1.91. The van der Waals surface area contributed by atoms with Gasteiger partial charge in [-0.1, -0.05) is 29.3 Å². The monoisotopic (exact) mass is 468 g/mol. The molecule has 2 heterocycles. The first-order valence-electron chi connectivity index (χ1n) is 8.51. The van der Waals surface area contributed by atoms with Crippen molar-refractivity contribution in [3.63, 3.8) is 0 Å². The van der Waals surface area contributed by atoms with Gasteiger partial charge in [-0.25, -0.2) is 22.0 Å². The van der Waals surface area contributed by atoms with Crippen LogP contribution in [0, 0.1) is 11.6 Å². The van der Waals surface area contributed by atoms with Gasteiger partial charge in [-0.2, -0.15) is 0 Å². The van der Waals surface area contributed by atoms with Crippen molar-refractivity contribution in [2.75, 3.05) is 23.7 Å². The fourth-order valence-electron chi connectivity index (χ4n) is 3.12. The van der Waals surface area contributed by atoms with E-state index >= 15 is 0 Å². The predicted octanol–water partition coefficient (Wildman–Crippen LogP) is 2.63. The van der Waals surface area contributed by atoms with E-state index in [1.807, 2.05) is 0 Å². The van der Waals surface area contributed by atoms with Gasteiger partial charge in [0, 0.05) is 16.9 Å². The minimum Gasteiger partial charge on any atom is -0.442 e. The number of anilines is 1. The van der Waals surface area contributed by atoms with Crippen LogP contribution in [0.25, 0.3) is 0 Å². The minimum absolute atomic E-state index is 0.0475. The van der Waals surface area contributed by atoms with Crippen LogP contribution in [0.1, 0.15) is 17.9 Å². The molecule has 1 saturated heterocycles. The van der Waals surface area contributed by atoms with Crippen molar-refractivity contribution in [2.45, 2.75) is 23.3 Å². The number of amides is 2. The van der Waals surface area contributed by atoms with Gasteiger partial charge in [0.05, 0.1) is 24.5 Å². The maximum Gasteiger partial charge on any atom is 0.414 e. The summed E-state index contributed by atoms with van der Waals surface area (Å²) in [6, 6.07) is 1.98. The number of sulfone groups is 1. The highest BCUT2D eigenvalue weighted by Gasteiger charge is 2.34. The van der Waals surface area contributed by atoms with E-state index in [1.54, 1.807) is 0 Å². The number of alkyl halides is 2. The van der Waals surface area contributed by atoms with Gasteiger partial charge in [-0.05, 0) is 18.6 Å². The van der Waals surface area contributed by atoms with Crippen LogP contribution in [0.4, 0.5) is 19.3 Å². The topological polar surface area (TPSA) is 92.8 Å². The number of hydrogen-bond acceptors (Lipinski definition) is 5. The number of hydrogen-bond donors (Lipinski definition) is 1. The maximum absolute atomic E-state index is 14.6. The summed E-state index contributed by atoms with van der Waals surface area (Å²) >= 11 is 10.8. The van der Waals surface area contributed by atoms with Gasteiger partial charge >= 0.3 is 6.09 Å². The zero-order chi connectivity index (χ0) is 21.3. The molecule has 0 radical (unpaired) electrons. The van der Waals surface area contributed by atoms with E-state index in [2.05, 4.69) is 5.32 Å². The molecule has 158 valence electrons. The molecule has 3 rings (SSSR count). The lowest BCUT2D eigenvalue weighted by molar-refractivity contribution is -0.119. The minimum atomic E-state index is -3.34. The van der Waals surface area contributed by atoms with Gasteiger partial charge in [0.25, 0.3) is 5.91 Å². The Labute approximate surface area is 175 Å². The van der Waals surface area contributed by atoms with Gasteiger partial charge in [0.1, 0.15) is 17.7 Å². The molecule has 2 aliphatic rings. The van der Waals surface area contributed by atoms with E-state index in [9.17, 15) is 26.8 Å². The summed E-state index contributed by atoms with van der Waals surface area (Å²) in [5.74, 6) is -3.38. The lowest BCUT2D eigenvalue weighted by Crippen LogP contribution is -2.37. The molecule has 1 unspecified atom stereocenters. The second kappa shape index (κ2) is 8.45. The number of carbonyl (C=O) groups excluding carboxylic acids is 2. The molecular weight excluding hydrogens is 453 g/mol. The molecule has 1 fully saturated rings. The van der Waals surface area contributed by atoms with E-state index in [0.717, 1.165) is 22.4 Å². The molecule has 2 atom stereocenters. The Kier molecular flexibility index (Phi) is 6.35. The van der Waals surface area contributed by atoms with E-state index in [4.69, 9.17) is 27.9 Å². The van der Waals surface area contributed by atoms with Crippen LogP contribution in [0.3, 0.4) is 0 Å². The first-order valence-corrected chi connectivity index (χ1v) is 11.1.